The third kappa shape index (κ3) is 3.10. The van der Waals surface area contributed by atoms with Gasteiger partial charge in [0.1, 0.15) is 5.70 Å². The van der Waals surface area contributed by atoms with Gasteiger partial charge in [-0.1, -0.05) is 6.08 Å². The van der Waals surface area contributed by atoms with E-state index in [-0.39, 0.29) is 0 Å². The normalized spacial score (nSPS) is 15.9. The summed E-state index contributed by atoms with van der Waals surface area (Å²) < 4.78 is 0.884. The largest absolute Gasteiger partial charge is 0.378 e. The Labute approximate surface area is 113 Å². The highest BCUT2D eigenvalue weighted by atomic mass is 16.3. The Balaban J connectivity index is 2.18. The smallest absolute Gasteiger partial charge is 0.263 e. The molecule has 0 unspecified atom stereocenters. The summed E-state index contributed by atoms with van der Waals surface area (Å²) in [6, 6.07) is 7.50. The van der Waals surface area contributed by atoms with Gasteiger partial charge in [0.05, 0.1) is 4.76 Å². The molecule has 1 aliphatic rings. The molecule has 2 rings (SSSR count). The van der Waals surface area contributed by atoms with Gasteiger partial charge in [-0.15, -0.1) is 0 Å². The molecule has 0 N–H and O–H groups in total. The minimum atomic E-state index is 0.620. The van der Waals surface area contributed by atoms with Crippen LogP contribution >= 0.6 is 0 Å². The van der Waals surface area contributed by atoms with E-state index in [1.165, 1.54) is 0 Å². The molecule has 0 bridgehead atoms. The first-order valence-electron chi connectivity index (χ1n) is 6.11. The number of nitrogens with zero attached hydrogens (tertiary/aromatic N) is 3. The molecule has 1 aliphatic heterocycles. The fraction of sp³-hybridized carbons (Fsp3) is 0.200. The molecule has 98 valence electrons. The molecule has 4 heteroatoms. The van der Waals surface area contributed by atoms with E-state index >= 15 is 0 Å². The molecule has 0 aromatic heterocycles. The van der Waals surface area contributed by atoms with Gasteiger partial charge in [0, 0.05) is 50.1 Å². The Kier molecular flexibility index (Phi) is 3.80. The average molecular weight is 256 g/mol. The van der Waals surface area contributed by atoms with Gasteiger partial charge in [-0.05, 0) is 24.3 Å². The average Bonchev–Trinajstić information content (AvgIpc) is 2.41. The number of nitroso groups, excluding NO2 is 1. The number of allylic oxidation sites excluding steroid dienone is 3. The van der Waals surface area contributed by atoms with Crippen LogP contribution in [0.4, 0.5) is 11.4 Å². The van der Waals surface area contributed by atoms with Crippen molar-refractivity contribution < 1.29 is 4.76 Å². The SMILES string of the molecule is CN1C=CC=CC1=C[N+](=O)c1ccc(N(C)C)cc1. The number of benzene rings is 1. The standard InChI is InChI=1S/C15H18N3O/c1-16(2)13-7-9-14(10-8-13)18(19)12-15-6-4-5-11-17(15)3/h4-12H,1-3H3/q+1. The van der Waals surface area contributed by atoms with Gasteiger partial charge in [-0.3, -0.25) is 0 Å². The molecule has 0 spiro atoms. The summed E-state index contributed by atoms with van der Waals surface area (Å²) in [7, 11) is 5.86. The van der Waals surface area contributed by atoms with Crippen LogP contribution in [0.15, 0.2) is 60.6 Å². The predicted octanol–water partition coefficient (Wildman–Crippen LogP) is 3.02. The van der Waals surface area contributed by atoms with Gasteiger partial charge in [-0.25, -0.2) is 0 Å². The zero-order valence-corrected chi connectivity index (χ0v) is 11.4. The molecule has 0 saturated carbocycles. The van der Waals surface area contributed by atoms with Crippen molar-refractivity contribution in [3.8, 4) is 0 Å². The monoisotopic (exact) mass is 256 g/mol. The van der Waals surface area contributed by atoms with Crippen molar-refractivity contribution in [2.24, 2.45) is 0 Å². The van der Waals surface area contributed by atoms with Gasteiger partial charge in [-0.2, -0.15) is 0 Å². The highest BCUT2D eigenvalue weighted by molar-refractivity contribution is 5.49. The van der Waals surface area contributed by atoms with Crippen molar-refractivity contribution in [3.63, 3.8) is 0 Å². The zero-order valence-electron chi connectivity index (χ0n) is 11.4. The number of anilines is 1. The molecular weight excluding hydrogens is 238 g/mol. The zero-order chi connectivity index (χ0) is 13.8. The van der Waals surface area contributed by atoms with Crippen LogP contribution in [0.25, 0.3) is 0 Å². The van der Waals surface area contributed by atoms with Gasteiger partial charge >= 0.3 is 0 Å². The summed E-state index contributed by atoms with van der Waals surface area (Å²) in [6.07, 6.45) is 9.23. The second-order valence-corrected chi connectivity index (χ2v) is 4.60. The van der Waals surface area contributed by atoms with Gasteiger partial charge in [0.2, 0.25) is 0 Å². The van der Waals surface area contributed by atoms with E-state index in [4.69, 9.17) is 0 Å². The van der Waals surface area contributed by atoms with Crippen LogP contribution in [-0.4, -0.2) is 30.8 Å². The molecule has 0 fully saturated rings. The number of hydrogen-bond donors (Lipinski definition) is 0. The number of hydrogen-bond acceptors (Lipinski definition) is 3. The van der Waals surface area contributed by atoms with Crippen LogP contribution in [0.3, 0.4) is 0 Å². The van der Waals surface area contributed by atoms with E-state index in [2.05, 4.69) is 0 Å². The maximum absolute atomic E-state index is 12.1. The van der Waals surface area contributed by atoms with Gasteiger partial charge in [0.15, 0.2) is 0 Å². The molecule has 0 saturated heterocycles. The number of likely N-dealkylation sites (N-methyl/N-ethyl adjacent to an activating group) is 1. The van der Waals surface area contributed by atoms with Crippen molar-refractivity contribution in [1.29, 1.82) is 0 Å². The van der Waals surface area contributed by atoms with Gasteiger partial charge < -0.3 is 9.80 Å². The molecule has 0 atom stereocenters. The molecule has 1 aromatic rings. The van der Waals surface area contributed by atoms with Crippen molar-refractivity contribution in [1.82, 2.24) is 4.90 Å². The Morgan fingerprint density at radius 2 is 1.84 bits per heavy atom. The highest BCUT2D eigenvalue weighted by Crippen LogP contribution is 2.19. The van der Waals surface area contributed by atoms with Crippen LogP contribution < -0.4 is 4.90 Å². The minimum Gasteiger partial charge on any atom is -0.378 e. The lowest BCUT2D eigenvalue weighted by Crippen LogP contribution is -2.12. The Bertz CT molecular complexity index is 553. The topological polar surface area (TPSA) is 26.6 Å². The van der Waals surface area contributed by atoms with Crippen LogP contribution in [0.5, 0.6) is 0 Å². The fourth-order valence-corrected chi connectivity index (χ4v) is 1.76. The van der Waals surface area contributed by atoms with Crippen LogP contribution in [0, 0.1) is 4.91 Å². The van der Waals surface area contributed by atoms with Crippen molar-refractivity contribution in [3.05, 3.63) is 65.5 Å². The Morgan fingerprint density at radius 1 is 1.16 bits per heavy atom. The summed E-state index contributed by atoms with van der Waals surface area (Å²) >= 11 is 0. The highest BCUT2D eigenvalue weighted by Gasteiger charge is 2.14. The first kappa shape index (κ1) is 13.1. The minimum absolute atomic E-state index is 0.620. The third-order valence-electron chi connectivity index (χ3n) is 2.97. The second kappa shape index (κ2) is 5.52. The van der Waals surface area contributed by atoms with Crippen LogP contribution in [0.1, 0.15) is 0 Å². The Hall–Kier alpha value is -2.36. The fourth-order valence-electron chi connectivity index (χ4n) is 1.76. The van der Waals surface area contributed by atoms with Gasteiger partial charge in [0.25, 0.3) is 11.9 Å². The van der Waals surface area contributed by atoms with E-state index in [0.29, 0.717) is 5.69 Å². The summed E-state index contributed by atoms with van der Waals surface area (Å²) in [6.45, 7) is 0. The summed E-state index contributed by atoms with van der Waals surface area (Å²) in [4.78, 5) is 16.0. The van der Waals surface area contributed by atoms with Crippen LogP contribution in [-0.2, 0) is 0 Å². The molecule has 1 heterocycles. The van der Waals surface area contributed by atoms with Crippen molar-refractivity contribution in [2.75, 3.05) is 26.0 Å². The lowest BCUT2D eigenvalue weighted by atomic mass is 10.2. The van der Waals surface area contributed by atoms with E-state index in [0.717, 1.165) is 16.1 Å². The predicted molar refractivity (Wildman–Crippen MR) is 78.2 cm³/mol. The van der Waals surface area contributed by atoms with E-state index < -0.39 is 0 Å². The van der Waals surface area contributed by atoms with Crippen LogP contribution in [0.2, 0.25) is 0 Å². The molecule has 0 aliphatic carbocycles. The summed E-state index contributed by atoms with van der Waals surface area (Å²) in [5, 5.41) is 0. The third-order valence-corrected chi connectivity index (χ3v) is 2.97. The van der Waals surface area contributed by atoms with E-state index in [1.54, 1.807) is 6.20 Å². The Morgan fingerprint density at radius 3 is 2.42 bits per heavy atom. The summed E-state index contributed by atoms with van der Waals surface area (Å²) in [5.41, 5.74) is 2.55. The number of rotatable bonds is 3. The molecule has 19 heavy (non-hydrogen) atoms. The quantitative estimate of drug-likeness (QED) is 0.778. The first-order chi connectivity index (χ1) is 9.08. The first-order valence-corrected chi connectivity index (χ1v) is 6.11. The lowest BCUT2D eigenvalue weighted by Gasteiger charge is -2.14. The van der Waals surface area contributed by atoms with Crippen molar-refractivity contribution >= 4 is 11.4 Å². The molecule has 4 nitrogen and oxygen atoms in total. The molecule has 1 aromatic carbocycles. The molecule has 0 radical (unpaired) electrons. The van der Waals surface area contributed by atoms with Crippen molar-refractivity contribution in [2.45, 2.75) is 0 Å². The molecule has 0 amide bonds. The molecular formula is C15H18N3O+. The van der Waals surface area contributed by atoms with E-state index in [1.807, 2.05) is 79.6 Å². The maximum Gasteiger partial charge on any atom is 0.263 e. The van der Waals surface area contributed by atoms with E-state index in [9.17, 15) is 4.91 Å². The second-order valence-electron chi connectivity index (χ2n) is 4.60. The summed E-state index contributed by atoms with van der Waals surface area (Å²) in [5.74, 6) is 0. The maximum atomic E-state index is 12.1. The lowest BCUT2D eigenvalue weighted by molar-refractivity contribution is -0.386.